The smallest absolute Gasteiger partial charge is 0.254 e. The van der Waals surface area contributed by atoms with Crippen LogP contribution in [0.3, 0.4) is 0 Å². The molecule has 0 radical (unpaired) electrons. The molecule has 1 aliphatic heterocycles. The predicted octanol–water partition coefficient (Wildman–Crippen LogP) is 1.38. The zero-order chi connectivity index (χ0) is 12.4. The molecule has 17 heavy (non-hydrogen) atoms. The van der Waals surface area contributed by atoms with Crippen LogP contribution < -0.4 is 0 Å². The van der Waals surface area contributed by atoms with E-state index in [1.807, 2.05) is 4.90 Å². The molecule has 1 amide bonds. The molecule has 0 unspecified atom stereocenters. The van der Waals surface area contributed by atoms with E-state index >= 15 is 0 Å². The summed E-state index contributed by atoms with van der Waals surface area (Å²) in [5.41, 5.74) is 0.568. The number of piperazine rings is 1. The van der Waals surface area contributed by atoms with Gasteiger partial charge in [-0.05, 0) is 47.8 Å². The van der Waals surface area contributed by atoms with Crippen LogP contribution in [-0.4, -0.2) is 54.0 Å². The standard InChI is InChI=1S/C12H15IN2O2/c1-14-2-4-15(5-3-14)12(17)9-6-10(13)8-11(16)7-9/h6-8,16H,2-5H2,1H3. The van der Waals surface area contributed by atoms with Crippen molar-refractivity contribution in [3.63, 3.8) is 0 Å². The number of halogens is 1. The lowest BCUT2D eigenvalue weighted by Crippen LogP contribution is -2.47. The van der Waals surface area contributed by atoms with Gasteiger partial charge >= 0.3 is 0 Å². The molecule has 1 saturated heterocycles. The highest BCUT2D eigenvalue weighted by Gasteiger charge is 2.20. The van der Waals surface area contributed by atoms with Crippen molar-refractivity contribution in [3.05, 3.63) is 27.3 Å². The van der Waals surface area contributed by atoms with Crippen molar-refractivity contribution >= 4 is 28.5 Å². The average Bonchev–Trinajstić information content (AvgIpc) is 2.28. The number of benzene rings is 1. The average molecular weight is 346 g/mol. The number of carbonyl (C=O) groups is 1. The molecular formula is C12H15IN2O2. The topological polar surface area (TPSA) is 43.8 Å². The molecule has 1 N–H and O–H groups in total. The Morgan fingerprint density at radius 3 is 2.47 bits per heavy atom. The van der Waals surface area contributed by atoms with Crippen molar-refractivity contribution in [1.29, 1.82) is 0 Å². The molecule has 0 atom stereocenters. The van der Waals surface area contributed by atoms with Gasteiger partial charge in [-0.3, -0.25) is 4.79 Å². The van der Waals surface area contributed by atoms with Crippen LogP contribution in [0.4, 0.5) is 0 Å². The summed E-state index contributed by atoms with van der Waals surface area (Å²) in [6, 6.07) is 4.98. The predicted molar refractivity (Wildman–Crippen MR) is 74.2 cm³/mol. The summed E-state index contributed by atoms with van der Waals surface area (Å²) in [6.07, 6.45) is 0. The first-order chi connectivity index (χ1) is 8.06. The molecular weight excluding hydrogens is 331 g/mol. The minimum atomic E-state index is 0.00640. The van der Waals surface area contributed by atoms with E-state index in [0.717, 1.165) is 29.7 Å². The van der Waals surface area contributed by atoms with Crippen molar-refractivity contribution in [2.45, 2.75) is 0 Å². The first-order valence-corrected chi connectivity index (χ1v) is 6.61. The van der Waals surface area contributed by atoms with Crippen LogP contribution in [0.1, 0.15) is 10.4 Å². The maximum atomic E-state index is 12.2. The third-order valence-corrected chi connectivity index (χ3v) is 3.54. The Morgan fingerprint density at radius 2 is 1.88 bits per heavy atom. The second-order valence-corrected chi connectivity index (χ2v) is 5.54. The SMILES string of the molecule is CN1CCN(C(=O)c2cc(O)cc(I)c2)CC1. The van der Waals surface area contributed by atoms with Gasteiger partial charge in [0.2, 0.25) is 0 Å². The summed E-state index contributed by atoms with van der Waals surface area (Å²) in [7, 11) is 2.05. The van der Waals surface area contributed by atoms with Crippen LogP contribution in [0.15, 0.2) is 18.2 Å². The van der Waals surface area contributed by atoms with Crippen molar-refractivity contribution in [1.82, 2.24) is 9.80 Å². The van der Waals surface area contributed by atoms with E-state index in [1.165, 1.54) is 6.07 Å². The summed E-state index contributed by atoms with van der Waals surface area (Å²) in [5, 5.41) is 9.50. The fraction of sp³-hybridized carbons (Fsp3) is 0.417. The van der Waals surface area contributed by atoms with E-state index in [0.29, 0.717) is 5.56 Å². The molecule has 1 aromatic carbocycles. The number of aromatic hydroxyl groups is 1. The Balaban J connectivity index is 2.14. The summed E-state index contributed by atoms with van der Waals surface area (Å²) in [4.78, 5) is 16.2. The quantitative estimate of drug-likeness (QED) is 0.782. The van der Waals surface area contributed by atoms with E-state index in [-0.39, 0.29) is 11.7 Å². The van der Waals surface area contributed by atoms with E-state index in [4.69, 9.17) is 0 Å². The fourth-order valence-corrected chi connectivity index (χ4v) is 2.54. The van der Waals surface area contributed by atoms with Crippen molar-refractivity contribution < 1.29 is 9.90 Å². The van der Waals surface area contributed by atoms with Crippen LogP contribution in [0.5, 0.6) is 5.75 Å². The Morgan fingerprint density at radius 1 is 1.24 bits per heavy atom. The summed E-state index contributed by atoms with van der Waals surface area (Å²) < 4.78 is 0.875. The van der Waals surface area contributed by atoms with Gasteiger partial charge in [0.15, 0.2) is 0 Å². The van der Waals surface area contributed by atoms with Crippen LogP contribution in [0, 0.1) is 3.57 Å². The molecule has 0 aliphatic carbocycles. The molecule has 0 aromatic heterocycles. The van der Waals surface area contributed by atoms with Gasteiger partial charge in [-0.1, -0.05) is 0 Å². The summed E-state index contributed by atoms with van der Waals surface area (Å²) in [6.45, 7) is 3.31. The molecule has 0 spiro atoms. The lowest BCUT2D eigenvalue weighted by molar-refractivity contribution is 0.0663. The number of hydrogen-bond acceptors (Lipinski definition) is 3. The lowest BCUT2D eigenvalue weighted by atomic mass is 10.1. The number of likely N-dealkylation sites (N-methyl/N-ethyl adjacent to an activating group) is 1. The van der Waals surface area contributed by atoms with E-state index < -0.39 is 0 Å². The maximum Gasteiger partial charge on any atom is 0.254 e. The number of phenolic OH excluding ortho intramolecular Hbond substituents is 1. The third-order valence-electron chi connectivity index (χ3n) is 2.92. The van der Waals surface area contributed by atoms with Crippen LogP contribution >= 0.6 is 22.6 Å². The molecule has 2 rings (SSSR count). The van der Waals surface area contributed by atoms with E-state index in [1.54, 1.807) is 12.1 Å². The minimum absolute atomic E-state index is 0.00640. The highest BCUT2D eigenvalue weighted by atomic mass is 127. The fourth-order valence-electron chi connectivity index (χ4n) is 1.89. The Kier molecular flexibility index (Phi) is 3.88. The molecule has 92 valence electrons. The number of rotatable bonds is 1. The molecule has 5 heteroatoms. The monoisotopic (exact) mass is 346 g/mol. The van der Waals surface area contributed by atoms with Crippen LogP contribution in [-0.2, 0) is 0 Å². The first kappa shape index (κ1) is 12.6. The summed E-state index contributed by atoms with van der Waals surface area (Å²) >= 11 is 2.10. The molecule has 0 bridgehead atoms. The van der Waals surface area contributed by atoms with Gasteiger partial charge in [-0.15, -0.1) is 0 Å². The van der Waals surface area contributed by atoms with Crippen LogP contribution in [0.2, 0.25) is 0 Å². The zero-order valence-electron chi connectivity index (χ0n) is 9.69. The number of amides is 1. The first-order valence-electron chi connectivity index (χ1n) is 5.53. The van der Waals surface area contributed by atoms with Gasteiger partial charge in [-0.2, -0.15) is 0 Å². The molecule has 0 saturated carbocycles. The lowest BCUT2D eigenvalue weighted by Gasteiger charge is -2.32. The van der Waals surface area contributed by atoms with Gasteiger partial charge in [0, 0.05) is 35.3 Å². The summed E-state index contributed by atoms with van der Waals surface area (Å²) in [5.74, 6) is 0.154. The highest BCUT2D eigenvalue weighted by Crippen LogP contribution is 2.19. The van der Waals surface area contributed by atoms with E-state index in [2.05, 4.69) is 34.5 Å². The molecule has 4 nitrogen and oxygen atoms in total. The number of phenols is 1. The highest BCUT2D eigenvalue weighted by molar-refractivity contribution is 14.1. The number of hydrogen-bond donors (Lipinski definition) is 1. The Hall–Kier alpha value is -0.820. The Bertz CT molecular complexity index is 408. The Labute approximate surface area is 114 Å². The van der Waals surface area contributed by atoms with Crippen molar-refractivity contribution in [3.8, 4) is 5.75 Å². The largest absolute Gasteiger partial charge is 0.508 e. The van der Waals surface area contributed by atoms with Gasteiger partial charge in [0.1, 0.15) is 5.75 Å². The molecule has 1 heterocycles. The minimum Gasteiger partial charge on any atom is -0.508 e. The molecule has 1 aliphatic rings. The molecule has 1 fully saturated rings. The van der Waals surface area contributed by atoms with Gasteiger partial charge in [0.05, 0.1) is 0 Å². The number of nitrogens with zero attached hydrogens (tertiary/aromatic N) is 2. The van der Waals surface area contributed by atoms with Crippen molar-refractivity contribution in [2.75, 3.05) is 33.2 Å². The maximum absolute atomic E-state index is 12.2. The number of carbonyl (C=O) groups excluding carboxylic acids is 1. The van der Waals surface area contributed by atoms with Crippen LogP contribution in [0.25, 0.3) is 0 Å². The third kappa shape index (κ3) is 3.10. The molecule has 1 aromatic rings. The van der Waals surface area contributed by atoms with Gasteiger partial charge in [0.25, 0.3) is 5.91 Å². The van der Waals surface area contributed by atoms with Gasteiger partial charge in [-0.25, -0.2) is 0 Å². The van der Waals surface area contributed by atoms with Crippen molar-refractivity contribution in [2.24, 2.45) is 0 Å². The second kappa shape index (κ2) is 5.22. The van der Waals surface area contributed by atoms with Gasteiger partial charge < -0.3 is 14.9 Å². The second-order valence-electron chi connectivity index (χ2n) is 4.29. The zero-order valence-corrected chi connectivity index (χ0v) is 11.8. The van der Waals surface area contributed by atoms with E-state index in [9.17, 15) is 9.90 Å². The normalized spacial score (nSPS) is 17.2.